The van der Waals surface area contributed by atoms with E-state index in [1.807, 2.05) is 37.6 Å². The van der Waals surface area contributed by atoms with Gasteiger partial charge in [-0.15, -0.1) is 0 Å². The fourth-order valence-electron chi connectivity index (χ4n) is 2.64. The van der Waals surface area contributed by atoms with Gasteiger partial charge in [0, 0.05) is 35.9 Å². The molecule has 0 aliphatic carbocycles. The number of aromatic nitrogens is 2. The van der Waals surface area contributed by atoms with Crippen LogP contribution >= 0.6 is 0 Å². The Bertz CT molecular complexity index is 752. The highest BCUT2D eigenvalue weighted by Gasteiger charge is 2.13. The standard InChI is InChI=1S/C18H19N3/c1-13-9-10-20-12-16(13)18(19-2)11-15-8-7-14-5-3-4-6-17(14)21-15/h3-10,12,18-19H,11H2,1-2H3. The molecule has 0 spiro atoms. The second-order valence-electron chi connectivity index (χ2n) is 5.27. The van der Waals surface area contributed by atoms with Crippen molar-refractivity contribution in [3.05, 3.63) is 71.7 Å². The topological polar surface area (TPSA) is 37.8 Å². The van der Waals surface area contributed by atoms with Crippen molar-refractivity contribution in [1.82, 2.24) is 15.3 Å². The number of rotatable bonds is 4. The molecule has 3 heteroatoms. The van der Waals surface area contributed by atoms with E-state index in [0.29, 0.717) is 0 Å². The lowest BCUT2D eigenvalue weighted by Crippen LogP contribution is -2.20. The van der Waals surface area contributed by atoms with Crippen LogP contribution in [0.15, 0.2) is 54.9 Å². The van der Waals surface area contributed by atoms with Crippen LogP contribution in [0.4, 0.5) is 0 Å². The van der Waals surface area contributed by atoms with Gasteiger partial charge < -0.3 is 5.32 Å². The summed E-state index contributed by atoms with van der Waals surface area (Å²) in [6.45, 7) is 2.12. The van der Waals surface area contributed by atoms with Crippen molar-refractivity contribution in [3.8, 4) is 0 Å². The summed E-state index contributed by atoms with van der Waals surface area (Å²) in [7, 11) is 1.98. The van der Waals surface area contributed by atoms with Crippen molar-refractivity contribution in [3.63, 3.8) is 0 Å². The van der Waals surface area contributed by atoms with Crippen LogP contribution in [0.25, 0.3) is 10.9 Å². The minimum absolute atomic E-state index is 0.229. The van der Waals surface area contributed by atoms with Crippen molar-refractivity contribution in [2.45, 2.75) is 19.4 Å². The number of nitrogens with zero attached hydrogens (tertiary/aromatic N) is 2. The molecular formula is C18H19N3. The van der Waals surface area contributed by atoms with Crippen LogP contribution in [0.1, 0.15) is 22.9 Å². The number of benzene rings is 1. The maximum absolute atomic E-state index is 4.76. The van der Waals surface area contributed by atoms with Crippen LogP contribution < -0.4 is 5.32 Å². The molecule has 3 rings (SSSR count). The third-order valence-electron chi connectivity index (χ3n) is 3.87. The predicted molar refractivity (Wildman–Crippen MR) is 86.2 cm³/mol. The number of aryl methyl sites for hydroxylation is 1. The monoisotopic (exact) mass is 277 g/mol. The predicted octanol–water partition coefficient (Wildman–Crippen LogP) is 3.44. The molecule has 106 valence electrons. The molecule has 2 aromatic heterocycles. The average molecular weight is 277 g/mol. The maximum atomic E-state index is 4.76. The van der Waals surface area contributed by atoms with Gasteiger partial charge in [-0.05, 0) is 43.3 Å². The molecule has 2 heterocycles. The van der Waals surface area contributed by atoms with E-state index < -0.39 is 0 Å². The van der Waals surface area contributed by atoms with Crippen LogP contribution in [0.5, 0.6) is 0 Å². The molecule has 1 aromatic carbocycles. The third kappa shape index (κ3) is 2.93. The molecule has 0 radical (unpaired) electrons. The van der Waals surface area contributed by atoms with Gasteiger partial charge in [0.1, 0.15) is 0 Å². The van der Waals surface area contributed by atoms with Crippen molar-refractivity contribution in [2.75, 3.05) is 7.05 Å². The highest BCUT2D eigenvalue weighted by Crippen LogP contribution is 2.21. The Balaban J connectivity index is 1.90. The molecule has 0 saturated heterocycles. The first-order valence-corrected chi connectivity index (χ1v) is 7.20. The fourth-order valence-corrected chi connectivity index (χ4v) is 2.64. The number of likely N-dealkylation sites (N-methyl/N-ethyl adjacent to an activating group) is 1. The van der Waals surface area contributed by atoms with Crippen LogP contribution in [0.2, 0.25) is 0 Å². The van der Waals surface area contributed by atoms with Crippen LogP contribution in [0, 0.1) is 6.92 Å². The summed E-state index contributed by atoms with van der Waals surface area (Å²) in [5.74, 6) is 0. The van der Waals surface area contributed by atoms with E-state index in [1.54, 1.807) is 0 Å². The van der Waals surface area contributed by atoms with E-state index in [1.165, 1.54) is 16.5 Å². The largest absolute Gasteiger partial charge is 0.313 e. The number of fused-ring (bicyclic) bond motifs is 1. The van der Waals surface area contributed by atoms with Crippen LogP contribution in [0.3, 0.4) is 0 Å². The Kier molecular flexibility index (Phi) is 3.93. The first-order chi connectivity index (χ1) is 10.3. The molecular weight excluding hydrogens is 258 g/mol. The Morgan fingerprint density at radius 1 is 1.10 bits per heavy atom. The first kappa shape index (κ1) is 13.7. The minimum atomic E-state index is 0.229. The van der Waals surface area contributed by atoms with E-state index in [-0.39, 0.29) is 6.04 Å². The van der Waals surface area contributed by atoms with E-state index in [2.05, 4.69) is 41.5 Å². The molecule has 3 aromatic rings. The van der Waals surface area contributed by atoms with Crippen molar-refractivity contribution >= 4 is 10.9 Å². The van der Waals surface area contributed by atoms with Crippen molar-refractivity contribution in [1.29, 1.82) is 0 Å². The minimum Gasteiger partial charge on any atom is -0.313 e. The number of nitrogens with one attached hydrogen (secondary N) is 1. The van der Waals surface area contributed by atoms with Gasteiger partial charge in [-0.3, -0.25) is 9.97 Å². The van der Waals surface area contributed by atoms with Gasteiger partial charge in [0.25, 0.3) is 0 Å². The number of pyridine rings is 2. The van der Waals surface area contributed by atoms with Gasteiger partial charge in [-0.2, -0.15) is 0 Å². The van der Waals surface area contributed by atoms with Crippen LogP contribution in [-0.2, 0) is 6.42 Å². The summed E-state index contributed by atoms with van der Waals surface area (Å²) in [4.78, 5) is 9.00. The zero-order chi connectivity index (χ0) is 14.7. The molecule has 3 nitrogen and oxygen atoms in total. The van der Waals surface area contributed by atoms with E-state index in [0.717, 1.165) is 17.6 Å². The normalized spacial score (nSPS) is 12.5. The van der Waals surface area contributed by atoms with Gasteiger partial charge in [0.2, 0.25) is 0 Å². The van der Waals surface area contributed by atoms with Gasteiger partial charge >= 0.3 is 0 Å². The molecule has 1 N–H and O–H groups in total. The molecule has 0 fully saturated rings. The van der Waals surface area contributed by atoms with Gasteiger partial charge in [-0.1, -0.05) is 24.3 Å². The summed E-state index contributed by atoms with van der Waals surface area (Å²) in [6, 6.07) is 14.7. The lowest BCUT2D eigenvalue weighted by molar-refractivity contribution is 0.580. The Morgan fingerprint density at radius 2 is 1.95 bits per heavy atom. The molecule has 1 unspecified atom stereocenters. The molecule has 0 aliphatic rings. The highest BCUT2D eigenvalue weighted by atomic mass is 14.9. The van der Waals surface area contributed by atoms with Crippen molar-refractivity contribution < 1.29 is 0 Å². The van der Waals surface area contributed by atoms with E-state index in [9.17, 15) is 0 Å². The summed E-state index contributed by atoms with van der Waals surface area (Å²) in [6.07, 6.45) is 4.63. The highest BCUT2D eigenvalue weighted by molar-refractivity contribution is 5.78. The molecule has 21 heavy (non-hydrogen) atoms. The SMILES string of the molecule is CNC(Cc1ccc2ccccc2n1)c1cnccc1C. The molecule has 0 amide bonds. The van der Waals surface area contributed by atoms with Gasteiger partial charge in [-0.25, -0.2) is 0 Å². The quantitative estimate of drug-likeness (QED) is 0.794. The number of hydrogen-bond acceptors (Lipinski definition) is 3. The summed E-state index contributed by atoms with van der Waals surface area (Å²) < 4.78 is 0. The zero-order valence-electron chi connectivity index (χ0n) is 12.4. The second-order valence-corrected chi connectivity index (χ2v) is 5.27. The Hall–Kier alpha value is -2.26. The smallest absolute Gasteiger partial charge is 0.0705 e. The summed E-state index contributed by atoms with van der Waals surface area (Å²) in [5, 5.41) is 4.56. The fraction of sp³-hybridized carbons (Fsp3) is 0.222. The maximum Gasteiger partial charge on any atom is 0.0705 e. The number of hydrogen-bond donors (Lipinski definition) is 1. The lowest BCUT2D eigenvalue weighted by atomic mass is 9.99. The molecule has 0 saturated carbocycles. The lowest BCUT2D eigenvalue weighted by Gasteiger charge is -2.18. The van der Waals surface area contributed by atoms with Gasteiger partial charge in [0.05, 0.1) is 5.52 Å². The van der Waals surface area contributed by atoms with E-state index in [4.69, 9.17) is 4.98 Å². The zero-order valence-corrected chi connectivity index (χ0v) is 12.4. The van der Waals surface area contributed by atoms with Gasteiger partial charge in [0.15, 0.2) is 0 Å². The second kappa shape index (κ2) is 6.02. The molecule has 0 aliphatic heterocycles. The third-order valence-corrected chi connectivity index (χ3v) is 3.87. The Labute approximate surface area is 125 Å². The van der Waals surface area contributed by atoms with Crippen molar-refractivity contribution in [2.24, 2.45) is 0 Å². The van der Waals surface area contributed by atoms with Crippen LogP contribution in [-0.4, -0.2) is 17.0 Å². The number of para-hydroxylation sites is 1. The average Bonchev–Trinajstić information content (AvgIpc) is 2.53. The molecule has 1 atom stereocenters. The summed E-state index contributed by atoms with van der Waals surface area (Å²) in [5.41, 5.74) is 4.63. The molecule has 0 bridgehead atoms. The summed E-state index contributed by atoms with van der Waals surface area (Å²) >= 11 is 0. The van der Waals surface area contributed by atoms with E-state index >= 15 is 0 Å². The Morgan fingerprint density at radius 3 is 2.76 bits per heavy atom. The first-order valence-electron chi connectivity index (χ1n) is 7.20.